The van der Waals surface area contributed by atoms with E-state index in [1.165, 1.54) is 30.6 Å². The van der Waals surface area contributed by atoms with E-state index in [0.29, 0.717) is 12.0 Å². The van der Waals surface area contributed by atoms with Crippen molar-refractivity contribution in [1.29, 1.82) is 0 Å². The Hall–Kier alpha value is -1.35. The molecule has 0 unspecified atom stereocenters. The van der Waals surface area contributed by atoms with Crippen LogP contribution in [0.1, 0.15) is 44.9 Å². The Labute approximate surface area is 115 Å². The molecular formula is C16H23N3. The third kappa shape index (κ3) is 2.52. The van der Waals surface area contributed by atoms with Gasteiger partial charge in [-0.05, 0) is 31.5 Å². The summed E-state index contributed by atoms with van der Waals surface area (Å²) < 4.78 is 2.42. The van der Waals surface area contributed by atoms with Gasteiger partial charge in [-0.15, -0.1) is 0 Å². The monoisotopic (exact) mass is 257 g/mol. The molecule has 1 aliphatic heterocycles. The molecule has 1 N–H and O–H groups in total. The molecule has 3 rings (SSSR count). The number of imidazole rings is 1. The van der Waals surface area contributed by atoms with Gasteiger partial charge in [0.25, 0.3) is 0 Å². The highest BCUT2D eigenvalue weighted by atomic mass is 15.1. The van der Waals surface area contributed by atoms with E-state index in [2.05, 4.69) is 48.0 Å². The maximum Gasteiger partial charge on any atom is 0.112 e. The second kappa shape index (κ2) is 5.33. The van der Waals surface area contributed by atoms with Crippen molar-refractivity contribution in [3.8, 4) is 0 Å². The Morgan fingerprint density at radius 3 is 2.89 bits per heavy atom. The second-order valence-electron chi connectivity index (χ2n) is 5.87. The van der Waals surface area contributed by atoms with Crippen LogP contribution in [0.3, 0.4) is 0 Å². The van der Waals surface area contributed by atoms with Crippen LogP contribution in [0.25, 0.3) is 11.0 Å². The Morgan fingerprint density at radius 1 is 1.32 bits per heavy atom. The van der Waals surface area contributed by atoms with Crippen LogP contribution in [-0.4, -0.2) is 22.1 Å². The van der Waals surface area contributed by atoms with Gasteiger partial charge < -0.3 is 9.88 Å². The van der Waals surface area contributed by atoms with Gasteiger partial charge in [0.2, 0.25) is 0 Å². The first-order valence-electron chi connectivity index (χ1n) is 7.44. The van der Waals surface area contributed by atoms with Crippen LogP contribution in [0, 0.1) is 0 Å². The standard InChI is InChI=1S/C16H23N3/c1-12(2)16-18-14-8-3-4-9-15(14)19(16)11-13-7-5-6-10-17-13/h3-4,8-9,12-13,17H,5-7,10-11H2,1-2H3/t13-/m0/s1. The topological polar surface area (TPSA) is 29.9 Å². The van der Waals surface area contributed by atoms with Gasteiger partial charge in [0.1, 0.15) is 5.82 Å². The zero-order valence-electron chi connectivity index (χ0n) is 11.9. The quantitative estimate of drug-likeness (QED) is 0.914. The number of para-hydroxylation sites is 2. The molecule has 1 saturated heterocycles. The van der Waals surface area contributed by atoms with Gasteiger partial charge >= 0.3 is 0 Å². The first-order valence-corrected chi connectivity index (χ1v) is 7.44. The molecule has 3 nitrogen and oxygen atoms in total. The summed E-state index contributed by atoms with van der Waals surface area (Å²) in [6, 6.07) is 9.09. The average molecular weight is 257 g/mol. The van der Waals surface area contributed by atoms with Crippen LogP contribution in [0.15, 0.2) is 24.3 Å². The predicted octanol–water partition coefficient (Wildman–Crippen LogP) is 3.30. The van der Waals surface area contributed by atoms with Crippen molar-refractivity contribution in [2.75, 3.05) is 6.54 Å². The highest BCUT2D eigenvalue weighted by Crippen LogP contribution is 2.23. The molecule has 1 aromatic carbocycles. The minimum Gasteiger partial charge on any atom is -0.326 e. The van der Waals surface area contributed by atoms with Gasteiger partial charge in [-0.3, -0.25) is 0 Å². The number of rotatable bonds is 3. The number of nitrogens with zero attached hydrogens (tertiary/aromatic N) is 2. The normalized spacial score (nSPS) is 20.3. The molecule has 0 saturated carbocycles. The number of benzene rings is 1. The molecule has 0 radical (unpaired) electrons. The zero-order valence-corrected chi connectivity index (χ0v) is 11.9. The van der Waals surface area contributed by atoms with Crippen LogP contribution < -0.4 is 5.32 Å². The number of aromatic nitrogens is 2. The zero-order chi connectivity index (χ0) is 13.2. The number of hydrogen-bond acceptors (Lipinski definition) is 2. The summed E-state index contributed by atoms with van der Waals surface area (Å²) in [6.07, 6.45) is 3.95. The van der Waals surface area contributed by atoms with E-state index in [9.17, 15) is 0 Å². The van der Waals surface area contributed by atoms with Crippen molar-refractivity contribution in [1.82, 2.24) is 14.9 Å². The molecule has 1 atom stereocenters. The first kappa shape index (κ1) is 12.7. The average Bonchev–Trinajstić information content (AvgIpc) is 2.79. The van der Waals surface area contributed by atoms with Crippen molar-refractivity contribution >= 4 is 11.0 Å². The maximum atomic E-state index is 4.81. The van der Waals surface area contributed by atoms with E-state index in [1.807, 2.05) is 0 Å². The lowest BCUT2D eigenvalue weighted by Gasteiger charge is -2.25. The fraction of sp³-hybridized carbons (Fsp3) is 0.562. The van der Waals surface area contributed by atoms with Gasteiger partial charge in [0.05, 0.1) is 11.0 Å². The van der Waals surface area contributed by atoms with Crippen LogP contribution in [-0.2, 0) is 6.54 Å². The maximum absolute atomic E-state index is 4.81. The van der Waals surface area contributed by atoms with Crippen LogP contribution in [0.4, 0.5) is 0 Å². The minimum atomic E-state index is 0.469. The van der Waals surface area contributed by atoms with E-state index in [0.717, 1.165) is 18.6 Å². The van der Waals surface area contributed by atoms with Crippen LogP contribution >= 0.6 is 0 Å². The largest absolute Gasteiger partial charge is 0.326 e. The van der Waals surface area contributed by atoms with Gasteiger partial charge in [-0.2, -0.15) is 0 Å². The summed E-state index contributed by atoms with van der Waals surface area (Å²) in [4.78, 5) is 4.81. The van der Waals surface area contributed by atoms with Crippen molar-refractivity contribution in [3.05, 3.63) is 30.1 Å². The first-order chi connectivity index (χ1) is 9.25. The molecule has 3 heteroatoms. The highest BCUT2D eigenvalue weighted by molar-refractivity contribution is 5.76. The van der Waals surface area contributed by atoms with Gasteiger partial charge in [-0.25, -0.2) is 4.98 Å². The van der Waals surface area contributed by atoms with Crippen molar-refractivity contribution < 1.29 is 0 Å². The van der Waals surface area contributed by atoms with E-state index in [4.69, 9.17) is 4.98 Å². The fourth-order valence-electron chi connectivity index (χ4n) is 3.03. The Bertz CT molecular complexity index is 550. The van der Waals surface area contributed by atoms with Crippen LogP contribution in [0.2, 0.25) is 0 Å². The SMILES string of the molecule is CC(C)c1nc2ccccc2n1C[C@@H]1CCCCN1. The summed E-state index contributed by atoms with van der Waals surface area (Å²) in [5.41, 5.74) is 2.40. The molecular weight excluding hydrogens is 234 g/mol. The Morgan fingerprint density at radius 2 is 2.16 bits per heavy atom. The summed E-state index contributed by atoms with van der Waals surface area (Å²) >= 11 is 0. The lowest BCUT2D eigenvalue weighted by atomic mass is 10.0. The lowest BCUT2D eigenvalue weighted by Crippen LogP contribution is -2.37. The third-order valence-corrected chi connectivity index (χ3v) is 4.02. The predicted molar refractivity (Wildman–Crippen MR) is 79.5 cm³/mol. The number of hydrogen-bond donors (Lipinski definition) is 1. The van der Waals surface area contributed by atoms with Crippen molar-refractivity contribution in [2.45, 2.75) is 51.6 Å². The fourth-order valence-corrected chi connectivity index (χ4v) is 3.03. The number of fused-ring (bicyclic) bond motifs is 1. The van der Waals surface area contributed by atoms with E-state index in [1.54, 1.807) is 0 Å². The molecule has 0 spiro atoms. The molecule has 19 heavy (non-hydrogen) atoms. The molecule has 102 valence electrons. The Kier molecular flexibility index (Phi) is 3.56. The van der Waals surface area contributed by atoms with E-state index >= 15 is 0 Å². The molecule has 0 bridgehead atoms. The molecule has 1 aliphatic rings. The molecule has 2 heterocycles. The van der Waals surface area contributed by atoms with Crippen molar-refractivity contribution in [3.63, 3.8) is 0 Å². The molecule has 1 fully saturated rings. The molecule has 1 aromatic heterocycles. The molecule has 2 aromatic rings. The van der Waals surface area contributed by atoms with Crippen LogP contribution in [0.5, 0.6) is 0 Å². The van der Waals surface area contributed by atoms with Gasteiger partial charge in [-0.1, -0.05) is 32.4 Å². The summed E-state index contributed by atoms with van der Waals surface area (Å²) in [5.74, 6) is 1.68. The minimum absolute atomic E-state index is 0.469. The summed E-state index contributed by atoms with van der Waals surface area (Å²) in [5, 5.41) is 3.64. The van der Waals surface area contributed by atoms with E-state index < -0.39 is 0 Å². The second-order valence-corrected chi connectivity index (χ2v) is 5.87. The summed E-state index contributed by atoms with van der Waals surface area (Å²) in [7, 11) is 0. The van der Waals surface area contributed by atoms with E-state index in [-0.39, 0.29) is 0 Å². The smallest absolute Gasteiger partial charge is 0.112 e. The lowest BCUT2D eigenvalue weighted by molar-refractivity contribution is 0.361. The molecule has 0 amide bonds. The summed E-state index contributed by atoms with van der Waals surface area (Å²) in [6.45, 7) is 6.67. The highest BCUT2D eigenvalue weighted by Gasteiger charge is 2.18. The Balaban J connectivity index is 1.97. The number of piperidine rings is 1. The van der Waals surface area contributed by atoms with Crippen molar-refractivity contribution in [2.24, 2.45) is 0 Å². The third-order valence-electron chi connectivity index (χ3n) is 4.02. The van der Waals surface area contributed by atoms with Gasteiger partial charge in [0, 0.05) is 18.5 Å². The number of nitrogens with one attached hydrogen (secondary N) is 1. The molecule has 0 aliphatic carbocycles. The van der Waals surface area contributed by atoms with Gasteiger partial charge in [0.15, 0.2) is 0 Å².